The number of rotatable bonds is 2. The van der Waals surface area contributed by atoms with Gasteiger partial charge in [-0.3, -0.25) is 0 Å². The zero-order valence-corrected chi connectivity index (χ0v) is 16.9. The molecule has 0 radical (unpaired) electrons. The molecule has 0 aromatic heterocycles. The van der Waals surface area contributed by atoms with Crippen LogP contribution in [0.3, 0.4) is 0 Å². The van der Waals surface area contributed by atoms with Crippen molar-refractivity contribution in [2.75, 3.05) is 0 Å². The minimum Gasteiger partial charge on any atom is -0.0882 e. The average Bonchev–Trinajstić information content (AvgIpc) is 2.73. The summed E-state index contributed by atoms with van der Waals surface area (Å²) in [6.07, 6.45) is 29.2. The van der Waals surface area contributed by atoms with Gasteiger partial charge in [-0.05, 0) is 99.7 Å². The first-order chi connectivity index (χ1) is 12.9. The molecule has 0 bridgehead atoms. The Hall–Kier alpha value is -0.520. The van der Waals surface area contributed by atoms with Gasteiger partial charge in [0.1, 0.15) is 0 Å². The lowest BCUT2D eigenvalue weighted by Gasteiger charge is -2.54. The molecule has 0 spiro atoms. The number of fused-ring (bicyclic) bond motifs is 1. The van der Waals surface area contributed by atoms with Gasteiger partial charge in [-0.25, -0.2) is 0 Å². The molecule has 5 rings (SSSR count). The second-order valence-corrected chi connectivity index (χ2v) is 10.4. The molecule has 0 heterocycles. The van der Waals surface area contributed by atoms with E-state index in [0.717, 1.165) is 35.5 Å². The highest BCUT2D eigenvalue weighted by Gasteiger charge is 2.48. The largest absolute Gasteiger partial charge is 0.0882 e. The highest BCUT2D eigenvalue weighted by Crippen LogP contribution is 2.58. The summed E-state index contributed by atoms with van der Waals surface area (Å²) in [6, 6.07) is 0. The van der Waals surface area contributed by atoms with Gasteiger partial charge in [0.25, 0.3) is 0 Å². The average molecular weight is 353 g/mol. The van der Waals surface area contributed by atoms with E-state index < -0.39 is 0 Å². The Kier molecular flexibility index (Phi) is 5.30. The molecule has 5 aliphatic rings. The minimum atomic E-state index is 0.986. The smallest absolute Gasteiger partial charge is 0.0138 e. The van der Waals surface area contributed by atoms with Crippen LogP contribution in [0, 0.1) is 35.5 Å². The molecule has 2 saturated carbocycles. The Bertz CT molecular complexity index is 492. The molecule has 0 aromatic rings. The second-order valence-electron chi connectivity index (χ2n) is 10.4. The number of hydrogen-bond acceptors (Lipinski definition) is 0. The van der Waals surface area contributed by atoms with Crippen molar-refractivity contribution in [2.24, 2.45) is 35.5 Å². The lowest BCUT2D eigenvalue weighted by atomic mass is 9.51. The lowest BCUT2D eigenvalue weighted by Crippen LogP contribution is -2.44. The molecule has 0 nitrogen and oxygen atoms in total. The molecule has 144 valence electrons. The van der Waals surface area contributed by atoms with Gasteiger partial charge in [-0.2, -0.15) is 0 Å². The van der Waals surface area contributed by atoms with Crippen molar-refractivity contribution in [2.45, 2.75) is 103 Å². The van der Waals surface area contributed by atoms with E-state index in [-0.39, 0.29) is 0 Å². The zero-order chi connectivity index (χ0) is 17.3. The fourth-order valence-electron chi connectivity index (χ4n) is 8.17. The SMILES string of the molecule is C1=CCC2C(C1)C(C1CCCCC1)C1=C(CCCC1)C2C1CCCCC1. The third-order valence-corrected chi connectivity index (χ3v) is 9.13. The van der Waals surface area contributed by atoms with E-state index in [9.17, 15) is 0 Å². The first kappa shape index (κ1) is 17.6. The van der Waals surface area contributed by atoms with Crippen LogP contribution in [0.2, 0.25) is 0 Å². The normalized spacial score (nSPS) is 39.5. The van der Waals surface area contributed by atoms with Crippen LogP contribution < -0.4 is 0 Å². The summed E-state index contributed by atoms with van der Waals surface area (Å²) < 4.78 is 0. The summed E-state index contributed by atoms with van der Waals surface area (Å²) in [4.78, 5) is 0. The van der Waals surface area contributed by atoms with Crippen molar-refractivity contribution in [1.82, 2.24) is 0 Å². The first-order valence-electron chi connectivity index (χ1n) is 12.3. The molecule has 2 fully saturated rings. The number of allylic oxidation sites excluding steroid dienone is 4. The van der Waals surface area contributed by atoms with Crippen molar-refractivity contribution < 1.29 is 0 Å². The van der Waals surface area contributed by atoms with Crippen LogP contribution in [0.25, 0.3) is 0 Å². The molecule has 4 atom stereocenters. The molecule has 0 aliphatic heterocycles. The third-order valence-electron chi connectivity index (χ3n) is 9.13. The molecule has 0 heteroatoms. The predicted molar refractivity (Wildman–Crippen MR) is 111 cm³/mol. The van der Waals surface area contributed by atoms with E-state index in [1.165, 1.54) is 77.0 Å². The Morgan fingerprint density at radius 2 is 0.923 bits per heavy atom. The van der Waals surface area contributed by atoms with Gasteiger partial charge in [0.05, 0.1) is 0 Å². The van der Waals surface area contributed by atoms with Gasteiger partial charge >= 0.3 is 0 Å². The molecule has 0 aromatic carbocycles. The third kappa shape index (κ3) is 3.14. The van der Waals surface area contributed by atoms with Gasteiger partial charge < -0.3 is 0 Å². The van der Waals surface area contributed by atoms with E-state index in [1.54, 1.807) is 25.7 Å². The standard InChI is InChI=1S/C26H40/c1-3-11-19(12-4-1)25-21-15-7-9-17-23(21)26(20-13-5-2-6-14-20)24-18-10-8-16-22(24)25/h7,9,19-21,23,25-26H,1-6,8,10-18H2. The number of hydrogen-bond donors (Lipinski definition) is 0. The van der Waals surface area contributed by atoms with Gasteiger partial charge in [0.15, 0.2) is 0 Å². The van der Waals surface area contributed by atoms with Crippen molar-refractivity contribution in [3.63, 3.8) is 0 Å². The molecular weight excluding hydrogens is 312 g/mol. The minimum absolute atomic E-state index is 0.986. The summed E-state index contributed by atoms with van der Waals surface area (Å²) in [7, 11) is 0. The van der Waals surface area contributed by atoms with Crippen LogP contribution >= 0.6 is 0 Å². The summed E-state index contributed by atoms with van der Waals surface area (Å²) in [5.74, 6) is 6.07. The van der Waals surface area contributed by atoms with Crippen LogP contribution in [-0.2, 0) is 0 Å². The Balaban J connectivity index is 1.54. The molecule has 26 heavy (non-hydrogen) atoms. The molecule has 0 amide bonds. The Morgan fingerprint density at radius 1 is 0.500 bits per heavy atom. The highest BCUT2D eigenvalue weighted by atomic mass is 14.5. The van der Waals surface area contributed by atoms with Crippen LogP contribution in [0.4, 0.5) is 0 Å². The summed E-state index contributed by atoms with van der Waals surface area (Å²) in [6.45, 7) is 0. The monoisotopic (exact) mass is 352 g/mol. The van der Waals surface area contributed by atoms with Crippen molar-refractivity contribution in [3.05, 3.63) is 23.3 Å². The quantitative estimate of drug-likeness (QED) is 0.444. The summed E-state index contributed by atoms with van der Waals surface area (Å²) >= 11 is 0. The van der Waals surface area contributed by atoms with Gasteiger partial charge in [0, 0.05) is 0 Å². The van der Waals surface area contributed by atoms with E-state index >= 15 is 0 Å². The van der Waals surface area contributed by atoms with Gasteiger partial charge in [-0.1, -0.05) is 61.8 Å². The predicted octanol–water partition coefficient (Wildman–Crippen LogP) is 7.85. The molecular formula is C26H40. The maximum Gasteiger partial charge on any atom is -0.0138 e. The van der Waals surface area contributed by atoms with E-state index in [0.29, 0.717) is 0 Å². The van der Waals surface area contributed by atoms with Gasteiger partial charge in [0.2, 0.25) is 0 Å². The molecule has 4 unspecified atom stereocenters. The van der Waals surface area contributed by atoms with E-state index in [1.807, 2.05) is 0 Å². The zero-order valence-electron chi connectivity index (χ0n) is 16.9. The van der Waals surface area contributed by atoms with Crippen molar-refractivity contribution in [1.29, 1.82) is 0 Å². The van der Waals surface area contributed by atoms with E-state index in [2.05, 4.69) is 23.3 Å². The van der Waals surface area contributed by atoms with Crippen LogP contribution in [0.1, 0.15) is 103 Å². The fourth-order valence-corrected chi connectivity index (χ4v) is 8.17. The molecule has 0 N–H and O–H groups in total. The molecule has 0 saturated heterocycles. The van der Waals surface area contributed by atoms with Crippen molar-refractivity contribution in [3.8, 4) is 0 Å². The molecule has 5 aliphatic carbocycles. The van der Waals surface area contributed by atoms with Crippen LogP contribution in [0.15, 0.2) is 23.3 Å². The summed E-state index contributed by atoms with van der Waals surface area (Å²) in [5, 5.41) is 0. The lowest BCUT2D eigenvalue weighted by molar-refractivity contribution is 0.0639. The topological polar surface area (TPSA) is 0 Å². The van der Waals surface area contributed by atoms with Crippen molar-refractivity contribution >= 4 is 0 Å². The second kappa shape index (κ2) is 7.84. The highest BCUT2D eigenvalue weighted by molar-refractivity contribution is 5.30. The van der Waals surface area contributed by atoms with E-state index in [4.69, 9.17) is 0 Å². The fraction of sp³-hybridized carbons (Fsp3) is 0.846. The van der Waals surface area contributed by atoms with Gasteiger partial charge in [-0.15, -0.1) is 0 Å². The van der Waals surface area contributed by atoms with Crippen LogP contribution in [0.5, 0.6) is 0 Å². The summed E-state index contributed by atoms with van der Waals surface area (Å²) in [5.41, 5.74) is 4.10. The van der Waals surface area contributed by atoms with Crippen LogP contribution in [-0.4, -0.2) is 0 Å². The first-order valence-corrected chi connectivity index (χ1v) is 12.3. The maximum absolute atomic E-state index is 2.57. The maximum atomic E-state index is 2.57. The Morgan fingerprint density at radius 3 is 1.35 bits per heavy atom. The Labute approximate surface area is 161 Å².